The second kappa shape index (κ2) is 9.48. The summed E-state index contributed by atoms with van der Waals surface area (Å²) in [5.74, 6) is -0.636. The quantitative estimate of drug-likeness (QED) is 0.499. The van der Waals surface area contributed by atoms with E-state index < -0.39 is 17.2 Å². The minimum atomic E-state index is -0.725. The number of nitrogens with zero attached hydrogens (tertiary/aromatic N) is 3. The fraction of sp³-hybridized carbons (Fsp3) is 0.154. The predicted octanol–water partition coefficient (Wildman–Crippen LogP) is 2.99. The highest BCUT2D eigenvalue weighted by Crippen LogP contribution is 2.09. The Balaban J connectivity index is 1.79. The van der Waals surface area contributed by atoms with Gasteiger partial charge in [-0.1, -0.05) is 72.3 Å². The molecule has 0 atom stereocenters. The van der Waals surface area contributed by atoms with Crippen molar-refractivity contribution in [3.05, 3.63) is 128 Å². The molecule has 4 aromatic rings. The molecule has 3 aromatic carbocycles. The summed E-state index contributed by atoms with van der Waals surface area (Å²) in [5, 5.41) is 6.90. The predicted molar refractivity (Wildman–Crippen MR) is 127 cm³/mol. The fourth-order valence-electron chi connectivity index (χ4n) is 3.47. The van der Waals surface area contributed by atoms with Crippen LogP contribution in [-0.4, -0.2) is 20.3 Å². The first kappa shape index (κ1) is 22.0. The number of amides is 1. The van der Waals surface area contributed by atoms with Crippen LogP contribution in [0, 0.1) is 13.8 Å². The maximum absolute atomic E-state index is 13.3. The van der Waals surface area contributed by atoms with Crippen LogP contribution in [-0.2, 0) is 13.1 Å². The first-order valence-corrected chi connectivity index (χ1v) is 10.6. The average molecular weight is 441 g/mol. The molecule has 0 bridgehead atoms. The van der Waals surface area contributed by atoms with Gasteiger partial charge in [-0.25, -0.2) is 4.79 Å². The van der Waals surface area contributed by atoms with Crippen molar-refractivity contribution in [3.8, 4) is 5.69 Å². The molecule has 0 aliphatic heterocycles. The number of aromatic nitrogens is 3. The van der Waals surface area contributed by atoms with E-state index in [2.05, 4.69) is 10.4 Å². The van der Waals surface area contributed by atoms with E-state index in [4.69, 9.17) is 0 Å². The Morgan fingerprint density at radius 1 is 0.879 bits per heavy atom. The van der Waals surface area contributed by atoms with Gasteiger partial charge in [0.15, 0.2) is 0 Å². The summed E-state index contributed by atoms with van der Waals surface area (Å²) in [6.07, 6.45) is 0. The molecule has 0 aliphatic rings. The van der Waals surface area contributed by atoms with Gasteiger partial charge >= 0.3 is 5.69 Å². The van der Waals surface area contributed by atoms with E-state index in [1.54, 1.807) is 12.1 Å². The summed E-state index contributed by atoms with van der Waals surface area (Å²) >= 11 is 0. The molecule has 166 valence electrons. The van der Waals surface area contributed by atoms with Crippen LogP contribution in [0.3, 0.4) is 0 Å². The van der Waals surface area contributed by atoms with Gasteiger partial charge in [-0.15, -0.1) is 0 Å². The maximum Gasteiger partial charge on any atom is 0.352 e. The van der Waals surface area contributed by atoms with Crippen LogP contribution in [0.15, 0.2) is 88.5 Å². The zero-order valence-corrected chi connectivity index (χ0v) is 18.5. The van der Waals surface area contributed by atoms with Gasteiger partial charge in [-0.3, -0.25) is 14.2 Å². The van der Waals surface area contributed by atoms with Gasteiger partial charge < -0.3 is 5.32 Å². The molecule has 0 spiro atoms. The molecule has 0 saturated heterocycles. The second-order valence-corrected chi connectivity index (χ2v) is 7.86. The molecular formula is C26H24N4O3. The van der Waals surface area contributed by atoms with Crippen molar-refractivity contribution in [1.29, 1.82) is 0 Å². The lowest BCUT2D eigenvalue weighted by Crippen LogP contribution is -2.46. The van der Waals surface area contributed by atoms with Gasteiger partial charge in [0.25, 0.3) is 11.5 Å². The van der Waals surface area contributed by atoms with Gasteiger partial charge in [-0.2, -0.15) is 9.78 Å². The second-order valence-electron chi connectivity index (χ2n) is 7.86. The average Bonchev–Trinajstić information content (AvgIpc) is 2.83. The largest absolute Gasteiger partial charge is 0.352 e. The Bertz CT molecular complexity index is 1400. The van der Waals surface area contributed by atoms with Crippen molar-refractivity contribution in [3.63, 3.8) is 0 Å². The number of carbonyl (C=O) groups excluding carboxylic acids is 1. The van der Waals surface area contributed by atoms with Gasteiger partial charge in [0.2, 0.25) is 5.69 Å². The van der Waals surface area contributed by atoms with E-state index in [1.807, 2.05) is 80.6 Å². The molecule has 1 heterocycles. The topological polar surface area (TPSA) is 86.0 Å². The summed E-state index contributed by atoms with van der Waals surface area (Å²) in [6, 6.07) is 24.0. The highest BCUT2D eigenvalue weighted by atomic mass is 16.2. The van der Waals surface area contributed by atoms with Gasteiger partial charge in [0.05, 0.1) is 12.2 Å². The molecule has 1 aromatic heterocycles. The molecule has 1 N–H and O–H groups in total. The van der Waals surface area contributed by atoms with Crippen LogP contribution in [0.2, 0.25) is 0 Å². The summed E-state index contributed by atoms with van der Waals surface area (Å²) in [7, 11) is 0. The monoisotopic (exact) mass is 440 g/mol. The Morgan fingerprint density at radius 3 is 2.24 bits per heavy atom. The van der Waals surface area contributed by atoms with E-state index in [9.17, 15) is 14.4 Å². The minimum Gasteiger partial charge on any atom is -0.346 e. The Labute approximate surface area is 191 Å². The molecule has 0 saturated carbocycles. The Kier molecular flexibility index (Phi) is 6.31. The summed E-state index contributed by atoms with van der Waals surface area (Å²) in [4.78, 5) is 39.5. The number of carbonyl (C=O) groups is 1. The lowest BCUT2D eigenvalue weighted by atomic mass is 10.1. The van der Waals surface area contributed by atoms with Crippen LogP contribution in [0.25, 0.3) is 5.69 Å². The molecule has 1 amide bonds. The van der Waals surface area contributed by atoms with E-state index in [0.29, 0.717) is 5.69 Å². The molecule has 0 aliphatic carbocycles. The smallest absolute Gasteiger partial charge is 0.346 e. The molecule has 7 heteroatoms. The standard InChI is InChI=1S/C26H24N4O3/c1-18-12-14-22(15-13-18)30-26(33)29(17-21-11-7-6-8-19(21)2)25(32)23(28-30)24(31)27-16-20-9-4-3-5-10-20/h3-15H,16-17H2,1-2H3,(H,27,31). The molecular weight excluding hydrogens is 416 g/mol. The lowest BCUT2D eigenvalue weighted by Gasteiger charge is -2.13. The van der Waals surface area contributed by atoms with Crippen LogP contribution >= 0.6 is 0 Å². The van der Waals surface area contributed by atoms with Crippen LogP contribution < -0.4 is 16.6 Å². The summed E-state index contributed by atoms with van der Waals surface area (Å²) in [6.45, 7) is 4.12. The molecule has 4 rings (SSSR count). The van der Waals surface area contributed by atoms with Crippen molar-refractivity contribution in [1.82, 2.24) is 19.7 Å². The SMILES string of the molecule is Cc1ccc(-n2nc(C(=O)NCc3ccccc3)c(=O)n(Cc3ccccc3C)c2=O)cc1. The van der Waals surface area contributed by atoms with Gasteiger partial charge in [0, 0.05) is 6.54 Å². The zero-order valence-electron chi connectivity index (χ0n) is 18.5. The number of hydrogen-bond donors (Lipinski definition) is 1. The van der Waals surface area contributed by atoms with E-state index in [0.717, 1.165) is 31.5 Å². The first-order chi connectivity index (χ1) is 15.9. The lowest BCUT2D eigenvalue weighted by molar-refractivity contribution is 0.0941. The third-order valence-corrected chi connectivity index (χ3v) is 5.44. The van der Waals surface area contributed by atoms with Crippen molar-refractivity contribution >= 4 is 5.91 Å². The number of nitrogens with one attached hydrogen (secondary N) is 1. The van der Waals surface area contributed by atoms with Gasteiger partial charge in [0.1, 0.15) is 0 Å². The van der Waals surface area contributed by atoms with Crippen molar-refractivity contribution < 1.29 is 4.79 Å². The fourth-order valence-corrected chi connectivity index (χ4v) is 3.47. The first-order valence-electron chi connectivity index (χ1n) is 10.6. The minimum absolute atomic E-state index is 0.0394. The number of hydrogen-bond acceptors (Lipinski definition) is 4. The van der Waals surface area contributed by atoms with E-state index in [-0.39, 0.29) is 18.8 Å². The van der Waals surface area contributed by atoms with Crippen LogP contribution in [0.5, 0.6) is 0 Å². The Hall–Kier alpha value is -4.26. The van der Waals surface area contributed by atoms with Crippen molar-refractivity contribution in [2.45, 2.75) is 26.9 Å². The van der Waals surface area contributed by atoms with Crippen molar-refractivity contribution in [2.24, 2.45) is 0 Å². The van der Waals surface area contributed by atoms with Gasteiger partial charge in [-0.05, 0) is 42.7 Å². The van der Waals surface area contributed by atoms with Crippen LogP contribution in [0.4, 0.5) is 0 Å². The highest BCUT2D eigenvalue weighted by molar-refractivity contribution is 5.91. The highest BCUT2D eigenvalue weighted by Gasteiger charge is 2.20. The molecule has 0 radical (unpaired) electrons. The van der Waals surface area contributed by atoms with E-state index in [1.165, 1.54) is 0 Å². The molecule has 0 unspecified atom stereocenters. The van der Waals surface area contributed by atoms with E-state index >= 15 is 0 Å². The number of benzene rings is 3. The van der Waals surface area contributed by atoms with Crippen molar-refractivity contribution in [2.75, 3.05) is 0 Å². The normalized spacial score (nSPS) is 10.7. The third-order valence-electron chi connectivity index (χ3n) is 5.44. The number of aryl methyl sites for hydroxylation is 2. The summed E-state index contributed by atoms with van der Waals surface area (Å²) < 4.78 is 2.17. The number of rotatable bonds is 6. The van der Waals surface area contributed by atoms with Crippen LogP contribution in [0.1, 0.15) is 32.7 Å². The molecule has 0 fully saturated rings. The zero-order chi connectivity index (χ0) is 23.4. The molecule has 7 nitrogen and oxygen atoms in total. The Morgan fingerprint density at radius 2 is 1.55 bits per heavy atom. The third kappa shape index (κ3) is 4.82. The maximum atomic E-state index is 13.3. The summed E-state index contributed by atoms with van der Waals surface area (Å²) in [5.41, 5.74) is 2.47. The molecule has 33 heavy (non-hydrogen) atoms.